The molecule has 0 N–H and O–H groups in total. The molecule has 144 valence electrons. The van der Waals surface area contributed by atoms with Crippen LogP contribution in [0.2, 0.25) is 0 Å². The molecule has 1 aromatic rings. The van der Waals surface area contributed by atoms with Gasteiger partial charge in [0.2, 0.25) is 0 Å². The van der Waals surface area contributed by atoms with Gasteiger partial charge in [-0.05, 0) is 44.5 Å². The minimum absolute atomic E-state index is 0.0776. The number of nitrogens with zero attached hydrogens (tertiary/aromatic N) is 1. The van der Waals surface area contributed by atoms with Crippen LogP contribution in [0.4, 0.5) is 18.9 Å². The molecule has 0 unspecified atom stereocenters. The SMILES string of the molecule is CCOP(=O)(OCC)/C(C)=C(\C=C\c1ccc([N+](=O)[O-])cc1)C(F)(F)F. The smallest absolute Gasteiger partial charge is 0.306 e. The predicted octanol–water partition coefficient (Wildman–Crippen LogP) is 5.71. The molecule has 26 heavy (non-hydrogen) atoms. The largest absolute Gasteiger partial charge is 0.416 e. The van der Waals surface area contributed by atoms with E-state index in [2.05, 4.69) is 0 Å². The highest BCUT2D eigenvalue weighted by molar-refractivity contribution is 7.58. The van der Waals surface area contributed by atoms with Gasteiger partial charge in [0.15, 0.2) is 0 Å². The highest BCUT2D eigenvalue weighted by atomic mass is 31.2. The monoisotopic (exact) mass is 393 g/mol. The van der Waals surface area contributed by atoms with Crippen molar-refractivity contribution >= 4 is 19.4 Å². The number of non-ortho nitro benzene ring substituents is 1. The average molecular weight is 393 g/mol. The minimum Gasteiger partial charge on any atom is -0.306 e. The van der Waals surface area contributed by atoms with Crippen LogP contribution in [-0.2, 0) is 13.6 Å². The molecule has 1 aromatic carbocycles. The van der Waals surface area contributed by atoms with Gasteiger partial charge in [0.25, 0.3) is 5.69 Å². The van der Waals surface area contributed by atoms with E-state index in [1.54, 1.807) is 0 Å². The van der Waals surface area contributed by atoms with E-state index in [4.69, 9.17) is 9.05 Å². The van der Waals surface area contributed by atoms with E-state index in [1.165, 1.54) is 38.1 Å². The Morgan fingerprint density at radius 3 is 2.08 bits per heavy atom. The van der Waals surface area contributed by atoms with E-state index in [0.717, 1.165) is 19.1 Å². The number of alkyl halides is 3. The molecule has 0 fully saturated rings. The van der Waals surface area contributed by atoms with Gasteiger partial charge in [0.05, 0.1) is 29.0 Å². The Bertz CT molecular complexity index is 731. The Balaban J connectivity index is 3.33. The lowest BCUT2D eigenvalue weighted by molar-refractivity contribution is -0.384. The quantitative estimate of drug-likeness (QED) is 0.245. The Labute approximate surface area is 149 Å². The van der Waals surface area contributed by atoms with Gasteiger partial charge in [-0.25, -0.2) is 0 Å². The molecule has 0 aromatic heterocycles. The second-order valence-corrected chi connectivity index (χ2v) is 7.19. The first-order valence-electron chi connectivity index (χ1n) is 7.65. The minimum atomic E-state index is -4.79. The Morgan fingerprint density at radius 2 is 1.69 bits per heavy atom. The molecule has 0 saturated carbocycles. The summed E-state index contributed by atoms with van der Waals surface area (Å²) in [6.07, 6.45) is -2.91. The molecule has 0 saturated heterocycles. The van der Waals surface area contributed by atoms with Crippen LogP contribution in [0.15, 0.2) is 41.2 Å². The Morgan fingerprint density at radius 1 is 1.19 bits per heavy atom. The molecule has 0 heterocycles. The summed E-state index contributed by atoms with van der Waals surface area (Å²) in [6, 6.07) is 4.97. The Hall–Kier alpha value is -1.96. The normalized spacial score (nSPS) is 13.8. The number of rotatable bonds is 8. The van der Waals surface area contributed by atoms with Crippen LogP contribution in [0, 0.1) is 10.1 Å². The van der Waals surface area contributed by atoms with Crippen LogP contribution < -0.4 is 0 Å². The van der Waals surface area contributed by atoms with Crippen molar-refractivity contribution in [3.05, 3.63) is 56.9 Å². The number of benzene rings is 1. The lowest BCUT2D eigenvalue weighted by Gasteiger charge is -2.21. The first-order valence-corrected chi connectivity index (χ1v) is 9.19. The summed E-state index contributed by atoms with van der Waals surface area (Å²) in [6.45, 7) is 3.89. The summed E-state index contributed by atoms with van der Waals surface area (Å²) in [5.41, 5.74) is -1.02. The van der Waals surface area contributed by atoms with Gasteiger partial charge in [0.1, 0.15) is 0 Å². The van der Waals surface area contributed by atoms with Crippen molar-refractivity contribution in [2.75, 3.05) is 13.2 Å². The van der Waals surface area contributed by atoms with Gasteiger partial charge in [-0.3, -0.25) is 14.7 Å². The molecule has 0 bridgehead atoms. The van der Waals surface area contributed by atoms with Gasteiger partial charge in [0, 0.05) is 12.1 Å². The van der Waals surface area contributed by atoms with Crippen molar-refractivity contribution in [2.24, 2.45) is 0 Å². The lowest BCUT2D eigenvalue weighted by Crippen LogP contribution is -2.13. The molecule has 0 radical (unpaired) electrons. The number of hydrogen-bond donors (Lipinski definition) is 0. The zero-order valence-corrected chi connectivity index (χ0v) is 15.3. The summed E-state index contributed by atoms with van der Waals surface area (Å²) >= 11 is 0. The molecule has 0 aliphatic carbocycles. The first kappa shape index (κ1) is 22.1. The van der Waals surface area contributed by atoms with Crippen LogP contribution in [0.1, 0.15) is 26.3 Å². The average Bonchev–Trinajstić information content (AvgIpc) is 2.54. The maximum Gasteiger partial charge on any atom is 0.416 e. The van der Waals surface area contributed by atoms with Gasteiger partial charge < -0.3 is 9.05 Å². The highest BCUT2D eigenvalue weighted by Crippen LogP contribution is 2.58. The van der Waals surface area contributed by atoms with Gasteiger partial charge in [-0.2, -0.15) is 13.2 Å². The third-order valence-electron chi connectivity index (χ3n) is 3.25. The fourth-order valence-corrected chi connectivity index (χ4v) is 3.66. The number of allylic oxidation sites excluding steroid dienone is 3. The molecule has 10 heteroatoms. The topological polar surface area (TPSA) is 78.7 Å². The maximum absolute atomic E-state index is 13.4. The van der Waals surface area contributed by atoms with E-state index in [9.17, 15) is 27.9 Å². The zero-order chi connectivity index (χ0) is 20.0. The highest BCUT2D eigenvalue weighted by Gasteiger charge is 2.40. The van der Waals surface area contributed by atoms with E-state index in [0.29, 0.717) is 5.56 Å². The fraction of sp³-hybridized carbons (Fsp3) is 0.375. The van der Waals surface area contributed by atoms with Crippen molar-refractivity contribution in [1.29, 1.82) is 0 Å². The maximum atomic E-state index is 13.4. The van der Waals surface area contributed by atoms with Gasteiger partial charge in [-0.15, -0.1) is 0 Å². The summed E-state index contributed by atoms with van der Waals surface area (Å²) in [5, 5.41) is 10.1. The van der Waals surface area contributed by atoms with Crippen molar-refractivity contribution in [1.82, 2.24) is 0 Å². The number of nitro groups is 1. The van der Waals surface area contributed by atoms with Crippen LogP contribution >= 0.6 is 7.60 Å². The van der Waals surface area contributed by atoms with Crippen molar-refractivity contribution in [3.63, 3.8) is 0 Å². The van der Waals surface area contributed by atoms with Crippen LogP contribution in [0.25, 0.3) is 6.08 Å². The number of nitro benzene ring substituents is 1. The fourth-order valence-electron chi connectivity index (χ4n) is 2.03. The molecule has 0 aliphatic heterocycles. The second-order valence-electron chi connectivity index (χ2n) is 5.01. The summed E-state index contributed by atoms with van der Waals surface area (Å²) < 4.78 is 62.8. The molecular weight excluding hydrogens is 374 g/mol. The zero-order valence-electron chi connectivity index (χ0n) is 14.4. The Kier molecular flexibility index (Phi) is 7.74. The number of hydrogen-bond acceptors (Lipinski definition) is 5. The standard InChI is InChI=1S/C16H19F3NO5P/c1-4-24-26(23,25-5-2)12(3)15(16(17,18)19)11-8-13-6-9-14(10-7-13)20(21)22/h6-11H,4-5H2,1-3H3/b11-8+,15-12+. The third kappa shape index (κ3) is 5.79. The molecular formula is C16H19F3NO5P. The van der Waals surface area contributed by atoms with Crippen LogP contribution in [0.5, 0.6) is 0 Å². The van der Waals surface area contributed by atoms with Gasteiger partial charge in [-0.1, -0.05) is 6.08 Å². The van der Waals surface area contributed by atoms with Crippen molar-refractivity contribution in [2.45, 2.75) is 26.9 Å². The summed E-state index contributed by atoms with van der Waals surface area (Å²) in [7, 11) is -4.09. The van der Waals surface area contributed by atoms with Crippen LogP contribution in [-0.4, -0.2) is 24.3 Å². The number of halogens is 3. The molecule has 0 aliphatic rings. The van der Waals surface area contributed by atoms with Crippen molar-refractivity contribution < 1.29 is 31.7 Å². The van der Waals surface area contributed by atoms with Gasteiger partial charge >= 0.3 is 13.8 Å². The lowest BCUT2D eigenvalue weighted by atomic mass is 10.1. The molecule has 0 atom stereocenters. The second kappa shape index (κ2) is 9.12. The van der Waals surface area contributed by atoms with Crippen molar-refractivity contribution in [3.8, 4) is 0 Å². The summed E-state index contributed by atoms with van der Waals surface area (Å²) in [5.74, 6) is 0. The molecule has 1 rings (SSSR count). The molecule has 0 spiro atoms. The third-order valence-corrected chi connectivity index (χ3v) is 5.51. The van der Waals surface area contributed by atoms with E-state index < -0.39 is 29.6 Å². The van der Waals surface area contributed by atoms with Crippen LogP contribution in [0.3, 0.4) is 0 Å². The van der Waals surface area contributed by atoms with E-state index in [-0.39, 0.29) is 18.9 Å². The first-order chi connectivity index (χ1) is 12.0. The summed E-state index contributed by atoms with van der Waals surface area (Å²) in [4.78, 5) is 9.99. The molecule has 6 nitrogen and oxygen atoms in total. The van der Waals surface area contributed by atoms with E-state index in [1.807, 2.05) is 0 Å². The molecule has 0 amide bonds. The van der Waals surface area contributed by atoms with E-state index >= 15 is 0 Å². The predicted molar refractivity (Wildman–Crippen MR) is 91.7 cm³/mol.